The molecule has 0 aliphatic heterocycles. The number of amides is 1. The van der Waals surface area contributed by atoms with Crippen LogP contribution in [0.25, 0.3) is 0 Å². The van der Waals surface area contributed by atoms with Gasteiger partial charge in [0.05, 0.1) is 25.6 Å². The lowest BCUT2D eigenvalue weighted by molar-refractivity contribution is -0.115. The van der Waals surface area contributed by atoms with Gasteiger partial charge in [-0.1, -0.05) is 12.1 Å². The Kier molecular flexibility index (Phi) is 5.16. The van der Waals surface area contributed by atoms with Gasteiger partial charge in [-0.2, -0.15) is 0 Å². The highest BCUT2D eigenvalue weighted by Gasteiger charge is 2.15. The lowest BCUT2D eigenvalue weighted by atomic mass is 10.1. The van der Waals surface area contributed by atoms with E-state index in [2.05, 4.69) is 5.32 Å². The minimum atomic E-state index is -0.391. The van der Waals surface area contributed by atoms with Crippen molar-refractivity contribution >= 4 is 28.2 Å². The number of thiophene rings is 1. The van der Waals surface area contributed by atoms with Gasteiger partial charge >= 0.3 is 5.97 Å². The Morgan fingerprint density at radius 1 is 1.18 bits per heavy atom. The second kappa shape index (κ2) is 7.09. The van der Waals surface area contributed by atoms with Crippen LogP contribution in [0.2, 0.25) is 0 Å². The van der Waals surface area contributed by atoms with E-state index < -0.39 is 5.97 Å². The van der Waals surface area contributed by atoms with Crippen molar-refractivity contribution in [1.29, 1.82) is 0 Å². The summed E-state index contributed by atoms with van der Waals surface area (Å²) in [5.74, 6) is 0.224. The van der Waals surface area contributed by atoms with Gasteiger partial charge in [-0.25, -0.2) is 4.79 Å². The van der Waals surface area contributed by atoms with Crippen LogP contribution in [0, 0.1) is 6.92 Å². The molecule has 0 unspecified atom stereocenters. The van der Waals surface area contributed by atoms with Crippen LogP contribution >= 0.6 is 11.3 Å². The number of ether oxygens (including phenoxy) is 2. The maximum Gasteiger partial charge on any atom is 0.348 e. The molecular formula is C16H17NO4S. The molecule has 1 N–H and O–H groups in total. The lowest BCUT2D eigenvalue weighted by Crippen LogP contribution is -2.13. The van der Waals surface area contributed by atoms with Gasteiger partial charge in [0.1, 0.15) is 10.6 Å². The number of carbonyl (C=O) groups excluding carboxylic acids is 2. The maximum absolute atomic E-state index is 12.0. The minimum Gasteiger partial charge on any atom is -0.497 e. The van der Waals surface area contributed by atoms with Gasteiger partial charge in [0.25, 0.3) is 0 Å². The molecule has 0 atom stereocenters. The van der Waals surface area contributed by atoms with E-state index >= 15 is 0 Å². The number of hydrogen-bond donors (Lipinski definition) is 1. The molecule has 0 saturated carbocycles. The largest absolute Gasteiger partial charge is 0.497 e. The molecule has 5 nitrogen and oxygen atoms in total. The van der Waals surface area contributed by atoms with Crippen molar-refractivity contribution in [1.82, 2.24) is 0 Å². The summed E-state index contributed by atoms with van der Waals surface area (Å²) in [6.07, 6.45) is 0.258. The number of esters is 1. The van der Waals surface area contributed by atoms with Crippen LogP contribution in [0.5, 0.6) is 5.75 Å². The number of benzene rings is 1. The van der Waals surface area contributed by atoms with Crippen molar-refractivity contribution < 1.29 is 19.1 Å². The lowest BCUT2D eigenvalue weighted by Gasteiger charge is -2.04. The van der Waals surface area contributed by atoms with Gasteiger partial charge in [-0.15, -0.1) is 11.3 Å². The van der Waals surface area contributed by atoms with Crippen LogP contribution in [-0.4, -0.2) is 26.1 Å². The summed E-state index contributed by atoms with van der Waals surface area (Å²) in [5.41, 5.74) is 1.68. The summed E-state index contributed by atoms with van der Waals surface area (Å²) in [6.45, 7) is 1.81. The number of anilines is 1. The summed E-state index contributed by atoms with van der Waals surface area (Å²) in [4.78, 5) is 24.1. The van der Waals surface area contributed by atoms with Crippen molar-refractivity contribution in [3.8, 4) is 5.75 Å². The van der Waals surface area contributed by atoms with Crippen molar-refractivity contribution in [3.63, 3.8) is 0 Å². The third-order valence-electron chi connectivity index (χ3n) is 3.07. The van der Waals surface area contributed by atoms with Crippen molar-refractivity contribution in [3.05, 3.63) is 46.3 Å². The number of nitrogens with one attached hydrogen (secondary N) is 1. The fourth-order valence-electron chi connectivity index (χ4n) is 1.95. The quantitative estimate of drug-likeness (QED) is 0.860. The van der Waals surface area contributed by atoms with Gasteiger partial charge in [0.15, 0.2) is 0 Å². The van der Waals surface area contributed by atoms with Gasteiger partial charge < -0.3 is 14.8 Å². The molecule has 0 fully saturated rings. The van der Waals surface area contributed by atoms with Gasteiger partial charge in [-0.05, 0) is 36.2 Å². The van der Waals surface area contributed by atoms with E-state index in [9.17, 15) is 9.59 Å². The standard InChI is InChI=1S/C16H17NO4S/c1-10-8-14(22-15(10)16(19)21-3)17-13(18)9-11-4-6-12(20-2)7-5-11/h4-8H,9H2,1-3H3,(H,17,18). The Morgan fingerprint density at radius 2 is 1.86 bits per heavy atom. The third-order valence-corrected chi connectivity index (χ3v) is 4.21. The van der Waals surface area contributed by atoms with Crippen LogP contribution in [0.4, 0.5) is 5.00 Å². The van der Waals surface area contributed by atoms with Crippen LogP contribution < -0.4 is 10.1 Å². The van der Waals surface area contributed by atoms with E-state index in [4.69, 9.17) is 9.47 Å². The fourth-order valence-corrected chi connectivity index (χ4v) is 2.96. The highest BCUT2D eigenvalue weighted by molar-refractivity contribution is 7.18. The number of hydrogen-bond acceptors (Lipinski definition) is 5. The van der Waals surface area contributed by atoms with E-state index in [0.29, 0.717) is 9.88 Å². The fraction of sp³-hybridized carbons (Fsp3) is 0.250. The first kappa shape index (κ1) is 16.0. The first-order chi connectivity index (χ1) is 10.5. The van der Waals surface area contributed by atoms with Gasteiger partial charge in [-0.3, -0.25) is 4.79 Å². The van der Waals surface area contributed by atoms with Crippen molar-refractivity contribution in [2.24, 2.45) is 0 Å². The highest BCUT2D eigenvalue weighted by atomic mass is 32.1. The molecule has 2 aromatic rings. The van der Waals surface area contributed by atoms with E-state index in [1.807, 2.05) is 31.2 Å². The molecule has 1 aromatic carbocycles. The Bertz CT molecular complexity index is 676. The maximum atomic E-state index is 12.0. The molecule has 116 valence electrons. The van der Waals surface area contributed by atoms with E-state index in [-0.39, 0.29) is 12.3 Å². The van der Waals surface area contributed by atoms with E-state index in [1.54, 1.807) is 13.2 Å². The van der Waals surface area contributed by atoms with E-state index in [0.717, 1.165) is 16.9 Å². The molecule has 1 heterocycles. The first-order valence-electron chi connectivity index (χ1n) is 6.65. The number of methoxy groups -OCH3 is 2. The van der Waals surface area contributed by atoms with Crippen LogP contribution in [0.15, 0.2) is 30.3 Å². The molecule has 2 rings (SSSR count). The molecule has 0 aliphatic carbocycles. The van der Waals surface area contributed by atoms with Crippen molar-refractivity contribution in [2.75, 3.05) is 19.5 Å². The normalized spacial score (nSPS) is 10.1. The second-order valence-corrected chi connectivity index (χ2v) is 5.74. The zero-order valence-electron chi connectivity index (χ0n) is 12.6. The number of carbonyl (C=O) groups is 2. The summed E-state index contributed by atoms with van der Waals surface area (Å²) >= 11 is 1.21. The SMILES string of the molecule is COC(=O)c1sc(NC(=O)Cc2ccc(OC)cc2)cc1C. The van der Waals surface area contributed by atoms with Gasteiger partial charge in [0, 0.05) is 0 Å². The number of aryl methyl sites for hydroxylation is 1. The van der Waals surface area contributed by atoms with Crippen LogP contribution in [0.3, 0.4) is 0 Å². The molecule has 0 spiro atoms. The Morgan fingerprint density at radius 3 is 2.45 bits per heavy atom. The predicted octanol–water partition coefficient (Wildman–Crippen LogP) is 3.03. The summed E-state index contributed by atoms with van der Waals surface area (Å²) in [5, 5.41) is 3.44. The average Bonchev–Trinajstić information content (AvgIpc) is 2.87. The number of rotatable bonds is 5. The van der Waals surface area contributed by atoms with E-state index in [1.165, 1.54) is 18.4 Å². The molecular weight excluding hydrogens is 302 g/mol. The van der Waals surface area contributed by atoms with Crippen LogP contribution in [-0.2, 0) is 16.0 Å². The molecule has 0 saturated heterocycles. The highest BCUT2D eigenvalue weighted by Crippen LogP contribution is 2.27. The minimum absolute atomic E-state index is 0.136. The monoisotopic (exact) mass is 319 g/mol. The Labute approximate surface area is 132 Å². The molecule has 0 bridgehead atoms. The molecule has 22 heavy (non-hydrogen) atoms. The molecule has 1 amide bonds. The topological polar surface area (TPSA) is 64.6 Å². The smallest absolute Gasteiger partial charge is 0.348 e. The molecule has 1 aromatic heterocycles. The summed E-state index contributed by atoms with van der Waals surface area (Å²) in [7, 11) is 2.93. The zero-order chi connectivity index (χ0) is 16.1. The molecule has 0 aliphatic rings. The Hall–Kier alpha value is -2.34. The summed E-state index contributed by atoms with van der Waals surface area (Å²) in [6, 6.07) is 9.08. The second-order valence-electron chi connectivity index (χ2n) is 4.69. The zero-order valence-corrected chi connectivity index (χ0v) is 13.5. The summed E-state index contributed by atoms with van der Waals surface area (Å²) < 4.78 is 9.78. The van der Waals surface area contributed by atoms with Gasteiger partial charge in [0.2, 0.25) is 5.91 Å². The third kappa shape index (κ3) is 3.85. The molecule has 0 radical (unpaired) electrons. The Balaban J connectivity index is 2.01. The van der Waals surface area contributed by atoms with Crippen LogP contribution in [0.1, 0.15) is 20.8 Å². The first-order valence-corrected chi connectivity index (χ1v) is 7.46. The predicted molar refractivity (Wildman–Crippen MR) is 85.7 cm³/mol. The van der Waals surface area contributed by atoms with Crippen molar-refractivity contribution in [2.45, 2.75) is 13.3 Å². The average molecular weight is 319 g/mol. The molecule has 6 heteroatoms.